The van der Waals surface area contributed by atoms with Crippen LogP contribution in [0.2, 0.25) is 0 Å². The number of aryl methyl sites for hydroxylation is 1. The van der Waals surface area contributed by atoms with Crippen molar-refractivity contribution in [3.8, 4) is 0 Å². The van der Waals surface area contributed by atoms with Gasteiger partial charge in [-0.3, -0.25) is 9.89 Å². The van der Waals surface area contributed by atoms with Gasteiger partial charge in [0.05, 0.1) is 12.6 Å². The first-order valence-electron chi connectivity index (χ1n) is 5.24. The van der Waals surface area contributed by atoms with Gasteiger partial charge in [-0.15, -0.1) is 0 Å². The molecule has 4 nitrogen and oxygen atoms in total. The third-order valence-electron chi connectivity index (χ3n) is 3.47. The molecule has 1 unspecified atom stereocenters. The molecule has 1 atom stereocenters. The summed E-state index contributed by atoms with van der Waals surface area (Å²) < 4.78 is 0. The van der Waals surface area contributed by atoms with E-state index in [9.17, 15) is 4.79 Å². The molecule has 0 saturated heterocycles. The number of hydrogen-bond acceptors (Lipinski definition) is 2. The van der Waals surface area contributed by atoms with Crippen LogP contribution in [0.3, 0.4) is 0 Å². The van der Waals surface area contributed by atoms with E-state index in [1.807, 2.05) is 0 Å². The Hall–Kier alpha value is -1.32. The average molecular weight is 208 g/mol. The topological polar surface area (TPSA) is 66.0 Å². The number of carboxylic acids is 1. The van der Waals surface area contributed by atoms with Crippen LogP contribution in [0.1, 0.15) is 43.9 Å². The summed E-state index contributed by atoms with van der Waals surface area (Å²) in [4.78, 5) is 10.9. The Morgan fingerprint density at radius 2 is 2.47 bits per heavy atom. The molecule has 1 aromatic heterocycles. The highest BCUT2D eigenvalue weighted by Gasteiger charge is 2.37. The Labute approximate surface area is 88.7 Å². The fourth-order valence-electron chi connectivity index (χ4n) is 2.43. The Kier molecular flexibility index (Phi) is 2.29. The fourth-order valence-corrected chi connectivity index (χ4v) is 2.43. The second-order valence-corrected chi connectivity index (χ2v) is 4.94. The number of rotatable bonds is 2. The Morgan fingerprint density at radius 3 is 3.13 bits per heavy atom. The molecule has 82 valence electrons. The lowest BCUT2D eigenvalue weighted by molar-refractivity contribution is -0.138. The summed E-state index contributed by atoms with van der Waals surface area (Å²) in [5, 5.41) is 15.9. The number of hydrogen-bond donors (Lipinski definition) is 2. The Bertz CT molecular complexity index is 382. The predicted octanol–water partition coefficient (Wildman–Crippen LogP) is 1.94. The predicted molar refractivity (Wildman–Crippen MR) is 55.7 cm³/mol. The van der Waals surface area contributed by atoms with E-state index in [2.05, 4.69) is 24.0 Å². The van der Waals surface area contributed by atoms with Crippen LogP contribution >= 0.6 is 0 Å². The lowest BCUT2D eigenvalue weighted by Crippen LogP contribution is -2.29. The van der Waals surface area contributed by atoms with Crippen molar-refractivity contribution in [2.45, 2.75) is 39.0 Å². The van der Waals surface area contributed by atoms with Crippen molar-refractivity contribution in [2.75, 3.05) is 0 Å². The summed E-state index contributed by atoms with van der Waals surface area (Å²) in [6.45, 7) is 4.27. The molecule has 2 N–H and O–H groups in total. The number of aromatic nitrogens is 2. The first-order valence-corrected chi connectivity index (χ1v) is 5.24. The lowest BCUT2D eigenvalue weighted by Gasteiger charge is -2.37. The van der Waals surface area contributed by atoms with E-state index >= 15 is 0 Å². The molecular weight excluding hydrogens is 192 g/mol. The van der Waals surface area contributed by atoms with Crippen LogP contribution in [0.25, 0.3) is 0 Å². The molecule has 4 heteroatoms. The van der Waals surface area contributed by atoms with E-state index < -0.39 is 5.97 Å². The van der Waals surface area contributed by atoms with Crippen molar-refractivity contribution in [1.82, 2.24) is 10.2 Å². The smallest absolute Gasteiger partial charge is 0.303 e. The zero-order valence-electron chi connectivity index (χ0n) is 9.08. The number of nitrogens with one attached hydrogen (secondary N) is 1. The number of H-pyrrole nitrogens is 1. The first kappa shape index (κ1) is 10.2. The fraction of sp³-hybridized carbons (Fsp3) is 0.636. The Balaban J connectivity index is 2.35. The zero-order chi connectivity index (χ0) is 11.1. The summed E-state index contributed by atoms with van der Waals surface area (Å²) in [7, 11) is 0. The number of aliphatic carboxylic acids is 1. The molecule has 0 radical (unpaired) electrons. The minimum Gasteiger partial charge on any atom is -0.481 e. The molecule has 1 aliphatic rings. The van der Waals surface area contributed by atoms with Gasteiger partial charge in [-0.25, -0.2) is 0 Å². The molecule has 1 heterocycles. The molecule has 0 saturated carbocycles. The molecule has 0 aliphatic heterocycles. The number of carbonyl (C=O) groups is 1. The SMILES string of the molecule is CC1(C)CCc2[nH]ncc2C1CC(=O)O. The molecular formula is C11H16N2O2. The lowest BCUT2D eigenvalue weighted by atomic mass is 9.67. The highest BCUT2D eigenvalue weighted by atomic mass is 16.4. The van der Waals surface area contributed by atoms with Crippen molar-refractivity contribution in [3.63, 3.8) is 0 Å². The van der Waals surface area contributed by atoms with Crippen LogP contribution in [0.4, 0.5) is 0 Å². The maximum atomic E-state index is 10.9. The molecule has 1 aliphatic carbocycles. The normalized spacial score (nSPS) is 23.5. The van der Waals surface area contributed by atoms with Crippen molar-refractivity contribution in [1.29, 1.82) is 0 Å². The highest BCUT2D eigenvalue weighted by Crippen LogP contribution is 2.46. The number of fused-ring (bicyclic) bond motifs is 1. The molecule has 2 rings (SSSR count). The summed E-state index contributed by atoms with van der Waals surface area (Å²) in [5.41, 5.74) is 2.25. The molecule has 1 aromatic rings. The summed E-state index contributed by atoms with van der Waals surface area (Å²) >= 11 is 0. The van der Waals surface area contributed by atoms with Crippen LogP contribution in [-0.4, -0.2) is 21.3 Å². The van der Waals surface area contributed by atoms with Gasteiger partial charge >= 0.3 is 5.97 Å². The minimum absolute atomic E-state index is 0.0509. The molecule has 15 heavy (non-hydrogen) atoms. The highest BCUT2D eigenvalue weighted by molar-refractivity contribution is 5.68. The van der Waals surface area contributed by atoms with Crippen molar-refractivity contribution < 1.29 is 9.90 Å². The summed E-state index contributed by atoms with van der Waals surface area (Å²) in [6, 6.07) is 0. The molecule has 0 amide bonds. The maximum absolute atomic E-state index is 10.9. The van der Waals surface area contributed by atoms with E-state index in [0.717, 1.165) is 24.1 Å². The Morgan fingerprint density at radius 1 is 1.73 bits per heavy atom. The van der Waals surface area contributed by atoms with Gasteiger partial charge in [-0.1, -0.05) is 13.8 Å². The van der Waals surface area contributed by atoms with Gasteiger partial charge in [0.1, 0.15) is 0 Å². The van der Waals surface area contributed by atoms with Gasteiger partial charge in [-0.05, 0) is 23.8 Å². The van der Waals surface area contributed by atoms with Gasteiger partial charge < -0.3 is 5.11 Å². The van der Waals surface area contributed by atoms with Crippen LogP contribution < -0.4 is 0 Å². The number of aromatic amines is 1. The van der Waals surface area contributed by atoms with E-state index in [1.54, 1.807) is 6.20 Å². The van der Waals surface area contributed by atoms with Crippen LogP contribution in [0, 0.1) is 5.41 Å². The van der Waals surface area contributed by atoms with Crippen LogP contribution in [0.15, 0.2) is 6.20 Å². The van der Waals surface area contributed by atoms with E-state index in [0.29, 0.717) is 0 Å². The molecule has 0 aromatic carbocycles. The third kappa shape index (κ3) is 1.76. The van der Waals surface area contributed by atoms with Crippen molar-refractivity contribution >= 4 is 5.97 Å². The molecule has 0 bridgehead atoms. The van der Waals surface area contributed by atoms with Gasteiger partial charge in [0.2, 0.25) is 0 Å². The second kappa shape index (κ2) is 3.36. The maximum Gasteiger partial charge on any atom is 0.303 e. The van der Waals surface area contributed by atoms with Crippen LogP contribution in [-0.2, 0) is 11.2 Å². The number of carboxylic acid groups (broad SMARTS) is 1. The standard InChI is InChI=1S/C11H16N2O2/c1-11(2)4-3-9-7(6-12-13-9)8(11)5-10(14)15/h6,8H,3-5H2,1-2H3,(H,12,13)(H,14,15). The molecule has 0 spiro atoms. The third-order valence-corrected chi connectivity index (χ3v) is 3.47. The van der Waals surface area contributed by atoms with E-state index in [1.165, 1.54) is 0 Å². The second-order valence-electron chi connectivity index (χ2n) is 4.94. The van der Waals surface area contributed by atoms with Crippen molar-refractivity contribution in [2.24, 2.45) is 5.41 Å². The summed E-state index contributed by atoms with van der Waals surface area (Å²) in [6.07, 6.45) is 3.96. The largest absolute Gasteiger partial charge is 0.481 e. The first-order chi connectivity index (χ1) is 7.00. The van der Waals surface area contributed by atoms with E-state index in [-0.39, 0.29) is 17.8 Å². The van der Waals surface area contributed by atoms with Crippen molar-refractivity contribution in [3.05, 3.63) is 17.5 Å². The van der Waals surface area contributed by atoms with Gasteiger partial charge in [0.25, 0.3) is 0 Å². The quantitative estimate of drug-likeness (QED) is 0.780. The van der Waals surface area contributed by atoms with Gasteiger partial charge in [0.15, 0.2) is 0 Å². The minimum atomic E-state index is -0.734. The monoisotopic (exact) mass is 208 g/mol. The average Bonchev–Trinajstić information content (AvgIpc) is 2.57. The molecule has 0 fully saturated rings. The van der Waals surface area contributed by atoms with Crippen LogP contribution in [0.5, 0.6) is 0 Å². The zero-order valence-corrected chi connectivity index (χ0v) is 9.08. The number of nitrogens with zero attached hydrogens (tertiary/aromatic N) is 1. The summed E-state index contributed by atoms with van der Waals surface area (Å²) in [5.74, 6) is -0.653. The van der Waals surface area contributed by atoms with Gasteiger partial charge in [0, 0.05) is 11.6 Å². The van der Waals surface area contributed by atoms with E-state index in [4.69, 9.17) is 5.11 Å². The van der Waals surface area contributed by atoms with Gasteiger partial charge in [-0.2, -0.15) is 5.10 Å².